The number of ether oxygens (including phenoxy) is 2. The van der Waals surface area contributed by atoms with Gasteiger partial charge < -0.3 is 9.47 Å². The zero-order valence-corrected chi connectivity index (χ0v) is 27.4. The monoisotopic (exact) mass is 575 g/mol. The van der Waals surface area contributed by atoms with E-state index in [-0.39, 0.29) is 29.8 Å². The Kier molecular flexibility index (Phi) is 7.60. The Morgan fingerprint density at radius 2 is 1.49 bits per heavy atom. The van der Waals surface area contributed by atoms with Crippen LogP contribution in [0, 0.1) is 17.3 Å². The lowest BCUT2D eigenvalue weighted by Crippen LogP contribution is -2.63. The minimum absolute atomic E-state index is 0.0695. The van der Waals surface area contributed by atoms with Crippen molar-refractivity contribution in [3.05, 3.63) is 71.8 Å². The van der Waals surface area contributed by atoms with E-state index in [1.807, 2.05) is 62.1 Å². The molecule has 2 saturated heterocycles. The lowest BCUT2D eigenvalue weighted by molar-refractivity contribution is -0.201. The lowest BCUT2D eigenvalue weighted by atomic mass is 9.51. The number of nitrogens with zero attached hydrogens (tertiary/aromatic N) is 1. The van der Waals surface area contributed by atoms with E-state index in [2.05, 4.69) is 65.8 Å². The second-order valence-corrected chi connectivity index (χ2v) is 20.7. The number of benzene rings is 2. The van der Waals surface area contributed by atoms with E-state index in [1.54, 1.807) is 0 Å². The van der Waals surface area contributed by atoms with Gasteiger partial charge in [0, 0.05) is 11.5 Å². The van der Waals surface area contributed by atoms with E-state index in [1.165, 1.54) is 0 Å². The average molecular weight is 576 g/mol. The molecule has 3 fully saturated rings. The molecule has 0 spiro atoms. The summed E-state index contributed by atoms with van der Waals surface area (Å²) in [7, 11) is -1.94. The maximum atomic E-state index is 15.2. The van der Waals surface area contributed by atoms with Gasteiger partial charge in [-0.1, -0.05) is 125 Å². The predicted octanol–water partition coefficient (Wildman–Crippen LogP) is 8.10. The molecule has 0 unspecified atom stereocenters. The van der Waals surface area contributed by atoms with Gasteiger partial charge in [-0.3, -0.25) is 14.5 Å². The summed E-state index contributed by atoms with van der Waals surface area (Å²) >= 11 is 0. The molecule has 0 N–H and O–H groups in total. The molecule has 1 saturated carbocycles. The van der Waals surface area contributed by atoms with Gasteiger partial charge in [0.05, 0.1) is 20.7 Å². The van der Waals surface area contributed by atoms with Crippen molar-refractivity contribution in [1.29, 1.82) is 0 Å². The second kappa shape index (κ2) is 10.4. The van der Waals surface area contributed by atoms with Crippen LogP contribution in [0.5, 0.6) is 0 Å². The Bertz CT molecular complexity index is 1250. The van der Waals surface area contributed by atoms with E-state index >= 15 is 4.79 Å². The molecule has 5 nitrogen and oxygen atoms in total. The van der Waals surface area contributed by atoms with Crippen LogP contribution in [0.3, 0.4) is 0 Å². The van der Waals surface area contributed by atoms with Crippen LogP contribution >= 0.6 is 0 Å². The summed E-state index contributed by atoms with van der Waals surface area (Å²) in [5.74, 6) is -0.852. The van der Waals surface area contributed by atoms with Crippen molar-refractivity contribution in [3.63, 3.8) is 0 Å². The first-order valence-electron chi connectivity index (χ1n) is 15.6. The van der Waals surface area contributed by atoms with Gasteiger partial charge in [-0.2, -0.15) is 0 Å². The van der Waals surface area contributed by atoms with Crippen LogP contribution in [0.1, 0.15) is 85.9 Å². The maximum absolute atomic E-state index is 15.2. The van der Waals surface area contributed by atoms with Gasteiger partial charge >= 0.3 is 5.97 Å². The van der Waals surface area contributed by atoms with Crippen LogP contribution in [-0.4, -0.2) is 37.1 Å². The number of carbonyl (C=O) groups excluding carboxylic acids is 2. The molecule has 0 radical (unpaired) electrons. The Labute approximate surface area is 248 Å². The summed E-state index contributed by atoms with van der Waals surface area (Å²) in [5.41, 5.74) is 0.621. The fourth-order valence-corrected chi connectivity index (χ4v) is 15.8. The number of fused-ring (bicyclic) bond motifs is 3. The van der Waals surface area contributed by atoms with E-state index in [0.29, 0.717) is 23.2 Å². The zero-order valence-electron chi connectivity index (χ0n) is 26.4. The van der Waals surface area contributed by atoms with Crippen LogP contribution in [0.4, 0.5) is 0 Å². The van der Waals surface area contributed by atoms with Gasteiger partial charge in [-0.15, -0.1) is 0 Å². The molecule has 1 amide bonds. The van der Waals surface area contributed by atoms with Crippen molar-refractivity contribution in [3.8, 4) is 0 Å². The van der Waals surface area contributed by atoms with Gasteiger partial charge in [0.25, 0.3) is 0 Å². The van der Waals surface area contributed by atoms with Gasteiger partial charge in [0.15, 0.2) is 11.1 Å². The molecule has 222 valence electrons. The summed E-state index contributed by atoms with van der Waals surface area (Å²) in [6, 6.07) is 20.9. The summed E-state index contributed by atoms with van der Waals surface area (Å²) in [4.78, 5) is 31.8. The first kappa shape index (κ1) is 30.0. The molecular weight excluding hydrogens is 526 g/mol. The number of esters is 1. The first-order chi connectivity index (χ1) is 19.2. The van der Waals surface area contributed by atoms with E-state index in [4.69, 9.17) is 9.47 Å². The van der Waals surface area contributed by atoms with E-state index in [0.717, 1.165) is 23.6 Å². The number of rotatable bonds is 8. The molecule has 5 rings (SSSR count). The maximum Gasteiger partial charge on any atom is 0.322 e. The molecule has 3 aliphatic rings. The topological polar surface area (TPSA) is 55.8 Å². The lowest BCUT2D eigenvalue weighted by Gasteiger charge is -2.56. The molecule has 0 aromatic heterocycles. The number of carbonyl (C=O) groups is 2. The highest BCUT2D eigenvalue weighted by molar-refractivity contribution is 6.83. The molecule has 1 aliphatic carbocycles. The van der Waals surface area contributed by atoms with Gasteiger partial charge in [-0.05, 0) is 38.7 Å². The highest BCUT2D eigenvalue weighted by Gasteiger charge is 2.82. The molecule has 0 bridgehead atoms. The van der Waals surface area contributed by atoms with Crippen molar-refractivity contribution in [2.24, 2.45) is 17.3 Å². The molecule has 2 aromatic carbocycles. The largest absolute Gasteiger partial charge is 0.459 e. The second-order valence-electron chi connectivity index (χ2n) is 14.6. The first-order valence-corrected chi connectivity index (χ1v) is 18.0. The van der Waals surface area contributed by atoms with Gasteiger partial charge in [0.1, 0.15) is 5.60 Å². The quantitative estimate of drug-likeness (QED) is 0.181. The highest BCUT2D eigenvalue weighted by Crippen LogP contribution is 2.73. The average Bonchev–Trinajstić information content (AvgIpc) is 3.35. The number of hydrogen-bond donors (Lipinski definition) is 0. The van der Waals surface area contributed by atoms with Crippen LogP contribution < -0.4 is 0 Å². The minimum atomic E-state index is -1.94. The smallest absolute Gasteiger partial charge is 0.322 e. The normalized spacial score (nSPS) is 29.6. The van der Waals surface area contributed by atoms with Crippen molar-refractivity contribution in [2.45, 2.75) is 109 Å². The van der Waals surface area contributed by atoms with Crippen LogP contribution in [0.2, 0.25) is 22.7 Å². The molecular formula is C35H49NO4Si. The minimum Gasteiger partial charge on any atom is -0.459 e. The Morgan fingerprint density at radius 1 is 0.951 bits per heavy atom. The van der Waals surface area contributed by atoms with Crippen molar-refractivity contribution in [1.82, 2.24) is 4.90 Å². The molecule has 5 atom stereocenters. The van der Waals surface area contributed by atoms with Gasteiger partial charge in [-0.25, -0.2) is 0 Å². The Hall–Kier alpha value is -2.44. The van der Waals surface area contributed by atoms with E-state index < -0.39 is 24.8 Å². The molecule has 2 heterocycles. The van der Waals surface area contributed by atoms with Crippen LogP contribution in [0.15, 0.2) is 60.7 Å². The Balaban J connectivity index is 1.70. The Morgan fingerprint density at radius 3 is 2.00 bits per heavy atom. The van der Waals surface area contributed by atoms with Crippen LogP contribution in [-0.2, 0) is 24.8 Å². The highest BCUT2D eigenvalue weighted by atomic mass is 28.3. The van der Waals surface area contributed by atoms with Crippen molar-refractivity contribution >= 4 is 20.0 Å². The molecule has 2 aromatic rings. The van der Waals surface area contributed by atoms with Crippen molar-refractivity contribution < 1.29 is 19.1 Å². The van der Waals surface area contributed by atoms with Crippen molar-refractivity contribution in [2.75, 3.05) is 6.61 Å². The third-order valence-corrected chi connectivity index (χ3v) is 18.5. The number of hydrogen-bond acceptors (Lipinski definition) is 4. The fraction of sp³-hybridized carbons (Fsp3) is 0.600. The summed E-state index contributed by atoms with van der Waals surface area (Å²) < 4.78 is 13.1. The third-order valence-electron chi connectivity index (χ3n) is 10.8. The van der Waals surface area contributed by atoms with Gasteiger partial charge in [0.2, 0.25) is 5.91 Å². The SMILES string of the molecule is CC(C)[Si](C[C@@H]1C[C@@H]2[C@@]1(C(=O)OC(C)(C)C)C(=O)N1[C@@H](c3ccccc3)CO[C@]21c1ccccc1)(C(C)C)C(C)C. The zero-order chi connectivity index (χ0) is 30.0. The predicted molar refractivity (Wildman–Crippen MR) is 166 cm³/mol. The summed E-state index contributed by atoms with van der Waals surface area (Å²) in [6.45, 7) is 20.2. The molecule has 2 aliphatic heterocycles. The molecule has 41 heavy (non-hydrogen) atoms. The summed E-state index contributed by atoms with van der Waals surface area (Å²) in [5, 5.41) is 0. The fourth-order valence-electron chi connectivity index (χ4n) is 9.07. The van der Waals surface area contributed by atoms with Crippen LogP contribution in [0.25, 0.3) is 0 Å². The number of amides is 1. The molecule has 6 heteroatoms. The van der Waals surface area contributed by atoms with E-state index in [9.17, 15) is 4.79 Å². The third kappa shape index (κ3) is 4.26. The standard InChI is InChI=1S/C35H49NO4Si/c1-23(2)41(24(3)4,25(5)6)22-28-20-30-34(28,32(38)40-33(7,8)9)31(37)36-29(26-16-12-10-13-17-26)21-39-35(30,36)27-18-14-11-15-19-27/h10-19,23-25,28-30H,20-22H2,1-9H3/t28-,29+,30+,34+,35+/m0/s1. The summed E-state index contributed by atoms with van der Waals surface area (Å²) in [6.07, 6.45) is 0.777.